The van der Waals surface area contributed by atoms with Gasteiger partial charge < -0.3 is 19.9 Å². The predicted octanol–water partition coefficient (Wildman–Crippen LogP) is 2.26. The Labute approximate surface area is 172 Å². The minimum absolute atomic E-state index is 0.0137. The Kier molecular flexibility index (Phi) is 7.21. The number of carbonyl (C=O) groups is 1. The van der Waals surface area contributed by atoms with Crippen molar-refractivity contribution >= 4 is 17.7 Å². The summed E-state index contributed by atoms with van der Waals surface area (Å²) in [5, 5.41) is 3.06. The summed E-state index contributed by atoms with van der Waals surface area (Å²) in [6.45, 7) is 8.11. The molecule has 1 saturated heterocycles. The molecule has 0 saturated carbocycles. The average molecular weight is 399 g/mol. The van der Waals surface area contributed by atoms with E-state index in [2.05, 4.69) is 43.9 Å². The lowest BCUT2D eigenvalue weighted by Crippen LogP contribution is -2.41. The molecule has 0 radical (unpaired) electrons. The van der Waals surface area contributed by atoms with E-state index in [4.69, 9.17) is 4.74 Å². The molecule has 29 heavy (non-hydrogen) atoms. The van der Waals surface area contributed by atoms with Gasteiger partial charge in [-0.1, -0.05) is 6.07 Å². The van der Waals surface area contributed by atoms with E-state index >= 15 is 0 Å². The fourth-order valence-corrected chi connectivity index (χ4v) is 3.53. The third-order valence-corrected chi connectivity index (χ3v) is 5.34. The van der Waals surface area contributed by atoms with Gasteiger partial charge in [-0.25, -0.2) is 9.97 Å². The maximum Gasteiger partial charge on any atom is 0.228 e. The first-order chi connectivity index (χ1) is 14.1. The maximum absolute atomic E-state index is 12.6. The molecule has 2 aromatic rings. The molecule has 0 bridgehead atoms. The Morgan fingerprint density at radius 2 is 1.97 bits per heavy atom. The molecule has 1 aliphatic rings. The molecule has 8 nitrogen and oxygen atoms in total. The van der Waals surface area contributed by atoms with Gasteiger partial charge in [0.15, 0.2) is 0 Å². The highest BCUT2D eigenvalue weighted by molar-refractivity contribution is 5.78. The summed E-state index contributed by atoms with van der Waals surface area (Å²) in [5.74, 6) is 2.29. The van der Waals surface area contributed by atoms with Crippen LogP contribution in [0.25, 0.3) is 0 Å². The van der Waals surface area contributed by atoms with Crippen LogP contribution >= 0.6 is 0 Å². The molecule has 8 heteroatoms. The van der Waals surface area contributed by atoms with Crippen LogP contribution in [-0.4, -0.2) is 54.1 Å². The van der Waals surface area contributed by atoms with E-state index in [9.17, 15) is 4.79 Å². The van der Waals surface area contributed by atoms with Gasteiger partial charge in [-0.3, -0.25) is 4.79 Å². The highest BCUT2D eigenvalue weighted by Gasteiger charge is 2.26. The summed E-state index contributed by atoms with van der Waals surface area (Å²) in [4.78, 5) is 30.1. The third kappa shape index (κ3) is 5.34. The molecule has 0 spiro atoms. The number of nitrogens with one attached hydrogen (secondary N) is 1. The topological polar surface area (TPSA) is 83.5 Å². The van der Waals surface area contributed by atoms with E-state index in [0.29, 0.717) is 18.4 Å². The van der Waals surface area contributed by atoms with Crippen molar-refractivity contribution in [1.29, 1.82) is 0 Å². The number of nitrogens with zero attached hydrogens (tertiary/aromatic N) is 5. The summed E-state index contributed by atoms with van der Waals surface area (Å²) in [6.07, 6.45) is 5.10. The molecule has 3 heterocycles. The first-order valence-electron chi connectivity index (χ1n) is 10.2. The quantitative estimate of drug-likeness (QED) is 0.730. The number of carbonyl (C=O) groups excluding carboxylic acids is 1. The largest absolute Gasteiger partial charge is 0.481 e. The van der Waals surface area contributed by atoms with Crippen LogP contribution in [0.2, 0.25) is 0 Å². The number of aromatic nitrogens is 3. The van der Waals surface area contributed by atoms with Gasteiger partial charge in [0.1, 0.15) is 5.82 Å². The van der Waals surface area contributed by atoms with Gasteiger partial charge in [-0.05, 0) is 38.3 Å². The van der Waals surface area contributed by atoms with Gasteiger partial charge in [0.05, 0.1) is 7.11 Å². The van der Waals surface area contributed by atoms with Gasteiger partial charge >= 0.3 is 0 Å². The number of ether oxygens (including phenoxy) is 1. The smallest absolute Gasteiger partial charge is 0.228 e. The number of amides is 1. The van der Waals surface area contributed by atoms with Crippen molar-refractivity contribution in [1.82, 2.24) is 20.3 Å². The van der Waals surface area contributed by atoms with E-state index in [-0.39, 0.29) is 11.8 Å². The number of hydrogen-bond acceptors (Lipinski definition) is 7. The standard InChI is InChI=1S/C21H30N6O2/c1-4-26(5-2)18-7-6-16(14-23-18)15-24-20(28)17-9-12-27(13-10-17)21-22-11-8-19(25-21)29-3/h6-8,11,14,17H,4-5,9-10,12-13,15H2,1-3H3,(H,24,28). The van der Waals surface area contributed by atoms with Crippen molar-refractivity contribution in [2.45, 2.75) is 33.2 Å². The molecule has 0 atom stereocenters. The van der Waals surface area contributed by atoms with E-state index in [1.54, 1.807) is 19.4 Å². The van der Waals surface area contributed by atoms with Crippen LogP contribution in [0.3, 0.4) is 0 Å². The summed E-state index contributed by atoms with van der Waals surface area (Å²) in [5.41, 5.74) is 1.01. The summed E-state index contributed by atoms with van der Waals surface area (Å²) in [7, 11) is 1.59. The molecular formula is C21H30N6O2. The second kappa shape index (κ2) is 10.0. The first kappa shape index (κ1) is 20.8. The SMILES string of the molecule is CCN(CC)c1ccc(CNC(=O)C2CCN(c3nccc(OC)n3)CC2)cn1. The van der Waals surface area contributed by atoms with Crippen molar-refractivity contribution in [3.8, 4) is 5.88 Å². The Hall–Kier alpha value is -2.90. The predicted molar refractivity (Wildman–Crippen MR) is 113 cm³/mol. The minimum atomic E-state index is 0.0137. The lowest BCUT2D eigenvalue weighted by molar-refractivity contribution is -0.125. The molecule has 0 aromatic carbocycles. The molecule has 3 rings (SSSR count). The molecule has 2 aromatic heterocycles. The van der Waals surface area contributed by atoms with Crippen LogP contribution in [0.5, 0.6) is 5.88 Å². The zero-order chi connectivity index (χ0) is 20.6. The summed E-state index contributed by atoms with van der Waals surface area (Å²) >= 11 is 0. The second-order valence-corrected chi connectivity index (χ2v) is 7.08. The molecule has 0 unspecified atom stereocenters. The minimum Gasteiger partial charge on any atom is -0.481 e. The maximum atomic E-state index is 12.6. The average Bonchev–Trinajstić information content (AvgIpc) is 2.79. The number of hydrogen-bond donors (Lipinski definition) is 1. The molecular weight excluding hydrogens is 368 g/mol. The molecule has 1 aliphatic heterocycles. The summed E-state index contributed by atoms with van der Waals surface area (Å²) in [6, 6.07) is 5.78. The highest BCUT2D eigenvalue weighted by atomic mass is 16.5. The number of pyridine rings is 1. The van der Waals surface area contributed by atoms with Crippen LogP contribution in [0, 0.1) is 5.92 Å². The summed E-state index contributed by atoms with van der Waals surface area (Å²) < 4.78 is 5.16. The van der Waals surface area contributed by atoms with Crippen LogP contribution in [0.15, 0.2) is 30.6 Å². The molecule has 1 amide bonds. The Bertz CT molecular complexity index is 786. The van der Waals surface area contributed by atoms with Gasteiger partial charge in [0.2, 0.25) is 17.7 Å². The second-order valence-electron chi connectivity index (χ2n) is 7.08. The molecule has 1 N–H and O–H groups in total. The van der Waals surface area contributed by atoms with Gasteiger partial charge in [-0.15, -0.1) is 0 Å². The van der Waals surface area contributed by atoms with Crippen molar-refractivity contribution in [2.75, 3.05) is 43.1 Å². The Balaban J connectivity index is 1.47. The lowest BCUT2D eigenvalue weighted by Gasteiger charge is -2.31. The number of anilines is 2. The fourth-order valence-electron chi connectivity index (χ4n) is 3.53. The van der Waals surface area contributed by atoms with Crippen LogP contribution in [-0.2, 0) is 11.3 Å². The van der Waals surface area contributed by atoms with E-state index < -0.39 is 0 Å². The lowest BCUT2D eigenvalue weighted by atomic mass is 9.96. The van der Waals surface area contributed by atoms with Crippen LogP contribution in [0.4, 0.5) is 11.8 Å². The van der Waals surface area contributed by atoms with Crippen molar-refractivity contribution in [2.24, 2.45) is 5.92 Å². The van der Waals surface area contributed by atoms with Crippen LogP contribution in [0.1, 0.15) is 32.3 Å². The zero-order valence-corrected chi connectivity index (χ0v) is 17.5. The third-order valence-electron chi connectivity index (χ3n) is 5.34. The highest BCUT2D eigenvalue weighted by Crippen LogP contribution is 2.22. The monoisotopic (exact) mass is 398 g/mol. The van der Waals surface area contributed by atoms with Crippen molar-refractivity contribution in [3.05, 3.63) is 36.2 Å². The number of piperidine rings is 1. The normalized spacial score (nSPS) is 14.5. The molecule has 156 valence electrons. The van der Waals surface area contributed by atoms with E-state index in [1.807, 2.05) is 18.3 Å². The van der Waals surface area contributed by atoms with Crippen LogP contribution < -0.4 is 19.9 Å². The van der Waals surface area contributed by atoms with Gasteiger partial charge in [0.25, 0.3) is 0 Å². The fraction of sp³-hybridized carbons (Fsp3) is 0.524. The van der Waals surface area contributed by atoms with Gasteiger partial charge in [0, 0.05) is 57.1 Å². The van der Waals surface area contributed by atoms with Gasteiger partial charge in [-0.2, -0.15) is 4.98 Å². The van der Waals surface area contributed by atoms with Crippen molar-refractivity contribution in [3.63, 3.8) is 0 Å². The zero-order valence-electron chi connectivity index (χ0n) is 17.5. The number of rotatable bonds is 8. The molecule has 1 fully saturated rings. The van der Waals surface area contributed by atoms with Crippen molar-refractivity contribution < 1.29 is 9.53 Å². The number of methoxy groups -OCH3 is 1. The molecule has 0 aliphatic carbocycles. The Morgan fingerprint density at radius 1 is 1.21 bits per heavy atom. The Morgan fingerprint density at radius 3 is 2.59 bits per heavy atom. The van der Waals surface area contributed by atoms with E-state index in [0.717, 1.165) is 50.4 Å². The van der Waals surface area contributed by atoms with E-state index in [1.165, 1.54) is 0 Å². The first-order valence-corrected chi connectivity index (χ1v) is 10.2.